The van der Waals surface area contributed by atoms with E-state index >= 15 is 4.39 Å². The molecular formula is C19H22FN5O. The van der Waals surface area contributed by atoms with Gasteiger partial charge in [0.15, 0.2) is 5.82 Å². The van der Waals surface area contributed by atoms with Crippen LogP contribution in [0.2, 0.25) is 0 Å². The molecule has 2 fully saturated rings. The van der Waals surface area contributed by atoms with Crippen molar-refractivity contribution in [2.24, 2.45) is 5.92 Å². The van der Waals surface area contributed by atoms with Crippen molar-refractivity contribution in [1.29, 1.82) is 0 Å². The van der Waals surface area contributed by atoms with E-state index in [0.29, 0.717) is 56.1 Å². The minimum absolute atomic E-state index is 0.0196. The summed E-state index contributed by atoms with van der Waals surface area (Å²) in [6, 6.07) is 10.7. The van der Waals surface area contributed by atoms with Gasteiger partial charge in [-0.15, -0.1) is 5.10 Å². The molecule has 4 rings (SSSR count). The molecule has 136 valence electrons. The van der Waals surface area contributed by atoms with Crippen molar-refractivity contribution < 1.29 is 9.18 Å². The van der Waals surface area contributed by atoms with Gasteiger partial charge in [0.2, 0.25) is 5.91 Å². The summed E-state index contributed by atoms with van der Waals surface area (Å²) >= 11 is 0. The summed E-state index contributed by atoms with van der Waals surface area (Å²) < 4.78 is 15.2. The largest absolute Gasteiger partial charge is 0.316 e. The van der Waals surface area contributed by atoms with Gasteiger partial charge in [-0.3, -0.25) is 9.69 Å². The molecule has 0 atom stereocenters. The van der Waals surface area contributed by atoms with Crippen molar-refractivity contribution in [3.8, 4) is 0 Å². The molecule has 1 amide bonds. The third-order valence-corrected chi connectivity index (χ3v) is 5.18. The van der Waals surface area contributed by atoms with Gasteiger partial charge in [0, 0.05) is 19.3 Å². The van der Waals surface area contributed by atoms with Crippen LogP contribution in [-0.4, -0.2) is 42.3 Å². The van der Waals surface area contributed by atoms with Crippen molar-refractivity contribution in [1.82, 2.24) is 20.8 Å². The monoisotopic (exact) mass is 355 g/mol. The minimum atomic E-state index is -1.30. The van der Waals surface area contributed by atoms with E-state index in [-0.39, 0.29) is 11.8 Å². The highest BCUT2D eigenvalue weighted by Gasteiger charge is 2.35. The van der Waals surface area contributed by atoms with E-state index in [0.717, 1.165) is 0 Å². The third-order valence-electron chi connectivity index (χ3n) is 5.18. The number of amides is 1. The van der Waals surface area contributed by atoms with Gasteiger partial charge < -0.3 is 10.6 Å². The van der Waals surface area contributed by atoms with Crippen molar-refractivity contribution in [2.75, 3.05) is 31.1 Å². The number of carbonyl (C=O) groups is 1. The second-order valence-electron chi connectivity index (χ2n) is 6.87. The zero-order valence-corrected chi connectivity index (χ0v) is 14.5. The van der Waals surface area contributed by atoms with Crippen LogP contribution in [0.15, 0.2) is 42.6 Å². The summed E-state index contributed by atoms with van der Waals surface area (Å²) in [6.07, 6.45) is 2.50. The zero-order valence-electron chi connectivity index (χ0n) is 14.5. The lowest BCUT2D eigenvalue weighted by Gasteiger charge is -2.33. The highest BCUT2D eigenvalue weighted by Crippen LogP contribution is 2.36. The Labute approximate surface area is 151 Å². The van der Waals surface area contributed by atoms with Gasteiger partial charge in [0.1, 0.15) is 5.67 Å². The van der Waals surface area contributed by atoms with E-state index in [1.807, 2.05) is 0 Å². The highest BCUT2D eigenvalue weighted by atomic mass is 19.1. The number of alkyl halides is 1. The van der Waals surface area contributed by atoms with Crippen molar-refractivity contribution in [3.05, 3.63) is 48.2 Å². The standard InChI is InChI=1S/C19H22FN5O/c20-19(7-10-21-11-8-19)15-3-5-16(6-4-15)25(17-2-1-9-23-24-17)18(26)14-12-22-13-14/h1-6,9,14,21-22H,7-8,10-13H2. The number of carbonyl (C=O) groups excluding carboxylic acids is 1. The van der Waals surface area contributed by atoms with Crippen molar-refractivity contribution in [3.63, 3.8) is 0 Å². The van der Waals surface area contributed by atoms with Gasteiger partial charge in [-0.25, -0.2) is 4.39 Å². The summed E-state index contributed by atoms with van der Waals surface area (Å²) in [6.45, 7) is 2.68. The number of nitrogens with zero attached hydrogens (tertiary/aromatic N) is 3. The Hall–Kier alpha value is -2.38. The van der Waals surface area contributed by atoms with E-state index in [9.17, 15) is 4.79 Å². The van der Waals surface area contributed by atoms with Gasteiger partial charge in [-0.05, 0) is 55.8 Å². The fraction of sp³-hybridized carbons (Fsp3) is 0.421. The number of hydrogen-bond acceptors (Lipinski definition) is 5. The molecule has 2 aromatic rings. The second-order valence-corrected chi connectivity index (χ2v) is 6.87. The van der Waals surface area contributed by atoms with Gasteiger partial charge in [0.05, 0.1) is 11.6 Å². The van der Waals surface area contributed by atoms with Gasteiger partial charge >= 0.3 is 0 Å². The number of hydrogen-bond donors (Lipinski definition) is 2. The summed E-state index contributed by atoms with van der Waals surface area (Å²) in [7, 11) is 0. The molecule has 2 aliphatic heterocycles. The van der Waals surface area contributed by atoms with Crippen LogP contribution in [0.5, 0.6) is 0 Å². The molecule has 1 aromatic heterocycles. The summed E-state index contributed by atoms with van der Waals surface area (Å²) in [4.78, 5) is 14.5. The lowest BCUT2D eigenvalue weighted by molar-refractivity contribution is -0.123. The normalized spacial score (nSPS) is 19.6. The van der Waals surface area contributed by atoms with Gasteiger partial charge in [0.25, 0.3) is 0 Å². The Balaban J connectivity index is 1.64. The van der Waals surface area contributed by atoms with Crippen LogP contribution < -0.4 is 15.5 Å². The Morgan fingerprint density at radius 3 is 2.42 bits per heavy atom. The predicted octanol–water partition coefficient (Wildman–Crippen LogP) is 1.91. The topological polar surface area (TPSA) is 70.2 Å². The molecule has 0 aliphatic carbocycles. The second kappa shape index (κ2) is 7.09. The lowest BCUT2D eigenvalue weighted by atomic mass is 9.87. The van der Waals surface area contributed by atoms with Gasteiger partial charge in [-0.2, -0.15) is 5.10 Å². The molecule has 6 nitrogen and oxygen atoms in total. The van der Waals surface area contributed by atoms with Crippen molar-refractivity contribution >= 4 is 17.4 Å². The average molecular weight is 355 g/mol. The van der Waals surface area contributed by atoms with Crippen LogP contribution in [0.1, 0.15) is 18.4 Å². The maximum Gasteiger partial charge on any atom is 0.238 e. The molecule has 0 bridgehead atoms. The first kappa shape index (κ1) is 17.1. The number of aromatic nitrogens is 2. The fourth-order valence-electron chi connectivity index (χ4n) is 3.45. The fourth-order valence-corrected chi connectivity index (χ4v) is 3.45. The van der Waals surface area contributed by atoms with E-state index in [2.05, 4.69) is 20.8 Å². The molecule has 26 heavy (non-hydrogen) atoms. The predicted molar refractivity (Wildman–Crippen MR) is 96.9 cm³/mol. The molecule has 0 unspecified atom stereocenters. The first-order valence-corrected chi connectivity index (χ1v) is 9.00. The molecule has 2 saturated heterocycles. The third kappa shape index (κ3) is 3.20. The van der Waals surface area contributed by atoms with E-state index < -0.39 is 5.67 Å². The molecule has 0 spiro atoms. The van der Waals surface area contributed by atoms with E-state index in [1.54, 1.807) is 47.5 Å². The smallest absolute Gasteiger partial charge is 0.238 e. The maximum absolute atomic E-state index is 15.2. The summed E-state index contributed by atoms with van der Waals surface area (Å²) in [5.41, 5.74) is 0.0478. The number of nitrogens with one attached hydrogen (secondary N) is 2. The molecule has 0 radical (unpaired) electrons. The minimum Gasteiger partial charge on any atom is -0.316 e. The maximum atomic E-state index is 15.2. The Kier molecular flexibility index (Phi) is 4.65. The van der Waals surface area contributed by atoms with Crippen LogP contribution in [0, 0.1) is 5.92 Å². The quantitative estimate of drug-likeness (QED) is 0.877. The lowest BCUT2D eigenvalue weighted by Crippen LogP contribution is -2.51. The van der Waals surface area contributed by atoms with E-state index in [4.69, 9.17) is 0 Å². The number of halogens is 1. The zero-order chi connectivity index (χ0) is 18.0. The Morgan fingerprint density at radius 2 is 1.85 bits per heavy atom. The first-order valence-electron chi connectivity index (χ1n) is 9.00. The molecule has 3 heterocycles. The first-order chi connectivity index (χ1) is 12.7. The van der Waals surface area contributed by atoms with Crippen LogP contribution in [0.25, 0.3) is 0 Å². The number of piperidine rings is 1. The van der Waals surface area contributed by atoms with Gasteiger partial charge in [-0.1, -0.05) is 12.1 Å². The summed E-state index contributed by atoms with van der Waals surface area (Å²) in [5.74, 6) is 0.386. The average Bonchev–Trinajstić information content (AvgIpc) is 2.62. The van der Waals surface area contributed by atoms with E-state index in [1.165, 1.54) is 0 Å². The molecule has 0 saturated carbocycles. The van der Waals surface area contributed by atoms with Crippen LogP contribution in [0.3, 0.4) is 0 Å². The summed E-state index contributed by atoms with van der Waals surface area (Å²) in [5, 5.41) is 14.3. The Morgan fingerprint density at radius 1 is 1.12 bits per heavy atom. The van der Waals surface area contributed by atoms with Crippen LogP contribution >= 0.6 is 0 Å². The Bertz CT molecular complexity index is 757. The van der Waals surface area contributed by atoms with Crippen LogP contribution in [-0.2, 0) is 10.5 Å². The highest BCUT2D eigenvalue weighted by molar-refractivity contribution is 6.01. The number of rotatable bonds is 4. The van der Waals surface area contributed by atoms with Crippen LogP contribution in [0.4, 0.5) is 15.9 Å². The molecular weight excluding hydrogens is 333 g/mol. The molecule has 1 aromatic carbocycles. The van der Waals surface area contributed by atoms with Crippen molar-refractivity contribution in [2.45, 2.75) is 18.5 Å². The molecule has 2 aliphatic rings. The molecule has 2 N–H and O–H groups in total. The SMILES string of the molecule is O=C(C1CNC1)N(c1ccc(C2(F)CCNCC2)cc1)c1cccnn1. The number of anilines is 2. The molecule has 7 heteroatoms. The number of benzene rings is 1.